The van der Waals surface area contributed by atoms with Crippen molar-refractivity contribution >= 4 is 5.91 Å². The Morgan fingerprint density at radius 2 is 1.78 bits per heavy atom. The molecule has 1 fully saturated rings. The first-order chi connectivity index (χ1) is 13.0. The van der Waals surface area contributed by atoms with Gasteiger partial charge in [0.2, 0.25) is 0 Å². The molecule has 1 amide bonds. The molecule has 1 aliphatic rings. The zero-order chi connectivity index (χ0) is 19.2. The summed E-state index contributed by atoms with van der Waals surface area (Å²) in [5, 5.41) is 3.16. The van der Waals surface area contributed by atoms with Crippen molar-refractivity contribution in [1.82, 2.24) is 10.2 Å². The van der Waals surface area contributed by atoms with Gasteiger partial charge >= 0.3 is 0 Å². The lowest BCUT2D eigenvalue weighted by molar-refractivity contribution is -0.128. The summed E-state index contributed by atoms with van der Waals surface area (Å²) in [6.45, 7) is 9.00. The predicted molar refractivity (Wildman–Crippen MR) is 109 cm³/mol. The molecule has 0 bridgehead atoms. The quantitative estimate of drug-likeness (QED) is 0.844. The average molecular weight is 367 g/mol. The van der Waals surface area contributed by atoms with Gasteiger partial charge in [0.05, 0.1) is 0 Å². The highest BCUT2D eigenvalue weighted by Gasteiger charge is 2.23. The van der Waals surface area contributed by atoms with Crippen LogP contribution in [0.5, 0.6) is 5.75 Å². The molecule has 1 atom stereocenters. The van der Waals surface area contributed by atoms with Gasteiger partial charge < -0.3 is 10.1 Å². The van der Waals surface area contributed by atoms with E-state index in [0.29, 0.717) is 0 Å². The summed E-state index contributed by atoms with van der Waals surface area (Å²) in [4.78, 5) is 14.9. The highest BCUT2D eigenvalue weighted by atomic mass is 16.5. The smallest absolute Gasteiger partial charge is 0.260 e. The van der Waals surface area contributed by atoms with E-state index in [1.54, 1.807) is 0 Å². The number of hydrogen-bond donors (Lipinski definition) is 1. The van der Waals surface area contributed by atoms with Crippen molar-refractivity contribution in [1.29, 1.82) is 0 Å². The molecule has 0 spiro atoms. The van der Waals surface area contributed by atoms with E-state index in [9.17, 15) is 4.79 Å². The second-order valence-corrected chi connectivity index (χ2v) is 7.56. The summed E-state index contributed by atoms with van der Waals surface area (Å²) in [6.07, 6.45) is 1.47. The number of piperidine rings is 1. The zero-order valence-electron chi connectivity index (χ0n) is 16.6. The minimum absolute atomic E-state index is 0.0343. The Morgan fingerprint density at radius 1 is 1.11 bits per heavy atom. The monoisotopic (exact) mass is 366 g/mol. The van der Waals surface area contributed by atoms with E-state index in [2.05, 4.69) is 41.4 Å². The third-order valence-corrected chi connectivity index (χ3v) is 5.29. The fourth-order valence-electron chi connectivity index (χ4n) is 3.46. The van der Waals surface area contributed by atoms with Crippen LogP contribution in [0.3, 0.4) is 0 Å². The van der Waals surface area contributed by atoms with E-state index in [1.165, 1.54) is 16.7 Å². The van der Waals surface area contributed by atoms with Crippen LogP contribution in [0.1, 0.15) is 36.5 Å². The van der Waals surface area contributed by atoms with E-state index < -0.39 is 6.10 Å². The zero-order valence-corrected chi connectivity index (χ0v) is 16.6. The van der Waals surface area contributed by atoms with Crippen LogP contribution in [-0.4, -0.2) is 36.0 Å². The van der Waals surface area contributed by atoms with Crippen LogP contribution in [0.15, 0.2) is 48.5 Å². The molecule has 1 heterocycles. The first kappa shape index (κ1) is 19.4. The lowest BCUT2D eigenvalue weighted by atomic mass is 10.0. The Hall–Kier alpha value is -2.33. The van der Waals surface area contributed by atoms with Gasteiger partial charge in [-0.3, -0.25) is 9.69 Å². The maximum atomic E-state index is 12.5. The number of likely N-dealkylation sites (tertiary alicyclic amines) is 1. The maximum Gasteiger partial charge on any atom is 0.260 e. The Balaban J connectivity index is 1.43. The SMILES string of the molecule is Cc1ccc(OC(C)C(=O)NC2CCN(Cc3ccccc3C)CC2)cc1. The van der Waals surface area contributed by atoms with Gasteiger partial charge in [0.25, 0.3) is 5.91 Å². The summed E-state index contributed by atoms with van der Waals surface area (Å²) < 4.78 is 5.76. The normalized spacial score (nSPS) is 16.7. The molecular weight excluding hydrogens is 336 g/mol. The topological polar surface area (TPSA) is 41.6 Å². The molecule has 0 saturated carbocycles. The predicted octanol–water partition coefficient (Wildman–Crippen LogP) is 3.85. The molecule has 1 N–H and O–H groups in total. The van der Waals surface area contributed by atoms with Crippen molar-refractivity contribution in [2.75, 3.05) is 13.1 Å². The van der Waals surface area contributed by atoms with Gasteiger partial charge in [-0.25, -0.2) is 0 Å². The first-order valence-corrected chi connectivity index (χ1v) is 9.82. The Kier molecular flexibility index (Phi) is 6.51. The van der Waals surface area contributed by atoms with Crippen LogP contribution in [-0.2, 0) is 11.3 Å². The van der Waals surface area contributed by atoms with E-state index in [-0.39, 0.29) is 11.9 Å². The molecule has 1 saturated heterocycles. The highest BCUT2D eigenvalue weighted by molar-refractivity contribution is 5.81. The minimum Gasteiger partial charge on any atom is -0.481 e. The van der Waals surface area contributed by atoms with Crippen LogP contribution in [0.4, 0.5) is 0 Å². The van der Waals surface area contributed by atoms with Gasteiger partial charge in [-0.2, -0.15) is 0 Å². The molecule has 27 heavy (non-hydrogen) atoms. The molecule has 1 aliphatic heterocycles. The van der Waals surface area contributed by atoms with Crippen LogP contribution >= 0.6 is 0 Å². The second kappa shape index (κ2) is 9.05. The minimum atomic E-state index is -0.488. The third-order valence-electron chi connectivity index (χ3n) is 5.29. The number of hydrogen-bond acceptors (Lipinski definition) is 3. The fraction of sp³-hybridized carbons (Fsp3) is 0.435. The number of ether oxygens (including phenoxy) is 1. The number of aryl methyl sites for hydroxylation is 2. The number of rotatable bonds is 6. The molecule has 2 aromatic carbocycles. The number of carbonyl (C=O) groups excluding carboxylic acids is 1. The summed E-state index contributed by atoms with van der Waals surface area (Å²) in [5.74, 6) is 0.698. The molecule has 2 aromatic rings. The van der Waals surface area contributed by atoms with Gasteiger partial charge in [0.15, 0.2) is 6.10 Å². The molecule has 3 rings (SSSR count). The standard InChI is InChI=1S/C23H30N2O2/c1-17-8-10-22(11-9-17)27-19(3)23(26)24-21-12-14-25(15-13-21)16-20-7-5-4-6-18(20)2/h4-11,19,21H,12-16H2,1-3H3,(H,24,26). The largest absolute Gasteiger partial charge is 0.481 e. The van der Waals surface area contributed by atoms with Gasteiger partial charge in [-0.05, 0) is 56.9 Å². The van der Waals surface area contributed by atoms with Crippen LogP contribution in [0.2, 0.25) is 0 Å². The molecule has 0 aliphatic carbocycles. The summed E-state index contributed by atoms with van der Waals surface area (Å²) in [5.41, 5.74) is 3.91. The van der Waals surface area contributed by atoms with E-state index in [4.69, 9.17) is 4.74 Å². The van der Waals surface area contributed by atoms with Crippen molar-refractivity contribution in [3.63, 3.8) is 0 Å². The Labute approximate surface area is 162 Å². The lowest BCUT2D eigenvalue weighted by Crippen LogP contribution is -2.47. The van der Waals surface area contributed by atoms with E-state index in [0.717, 1.165) is 38.2 Å². The van der Waals surface area contributed by atoms with Crippen molar-refractivity contribution in [2.24, 2.45) is 0 Å². The second-order valence-electron chi connectivity index (χ2n) is 7.56. The Morgan fingerprint density at radius 3 is 2.44 bits per heavy atom. The number of nitrogens with zero attached hydrogens (tertiary/aromatic N) is 1. The maximum absolute atomic E-state index is 12.5. The molecule has 4 heteroatoms. The van der Waals surface area contributed by atoms with Crippen LogP contribution in [0.25, 0.3) is 0 Å². The summed E-state index contributed by atoms with van der Waals surface area (Å²) >= 11 is 0. The van der Waals surface area contributed by atoms with Crippen molar-refractivity contribution in [3.05, 3.63) is 65.2 Å². The third kappa shape index (κ3) is 5.57. The number of benzene rings is 2. The van der Waals surface area contributed by atoms with Gasteiger partial charge in [0.1, 0.15) is 5.75 Å². The molecule has 144 valence electrons. The van der Waals surface area contributed by atoms with E-state index >= 15 is 0 Å². The molecule has 0 aromatic heterocycles. The van der Waals surface area contributed by atoms with Gasteiger partial charge in [-0.1, -0.05) is 42.0 Å². The molecule has 4 nitrogen and oxygen atoms in total. The van der Waals surface area contributed by atoms with Crippen LogP contribution in [0, 0.1) is 13.8 Å². The average Bonchev–Trinajstić information content (AvgIpc) is 2.67. The molecule has 0 radical (unpaired) electrons. The van der Waals surface area contributed by atoms with Crippen molar-refractivity contribution in [3.8, 4) is 5.75 Å². The van der Waals surface area contributed by atoms with Gasteiger partial charge in [-0.15, -0.1) is 0 Å². The Bertz CT molecular complexity index is 749. The number of carbonyl (C=O) groups is 1. The summed E-state index contributed by atoms with van der Waals surface area (Å²) in [6, 6.07) is 16.6. The number of amides is 1. The summed E-state index contributed by atoms with van der Waals surface area (Å²) in [7, 11) is 0. The fourth-order valence-corrected chi connectivity index (χ4v) is 3.46. The van der Waals surface area contributed by atoms with E-state index in [1.807, 2.05) is 38.1 Å². The van der Waals surface area contributed by atoms with Crippen molar-refractivity contribution < 1.29 is 9.53 Å². The molecule has 1 unspecified atom stereocenters. The lowest BCUT2D eigenvalue weighted by Gasteiger charge is -2.33. The highest BCUT2D eigenvalue weighted by Crippen LogP contribution is 2.17. The van der Waals surface area contributed by atoms with Crippen LogP contribution < -0.4 is 10.1 Å². The van der Waals surface area contributed by atoms with Crippen molar-refractivity contribution in [2.45, 2.75) is 52.3 Å². The van der Waals surface area contributed by atoms with Gasteiger partial charge in [0, 0.05) is 25.7 Å². The first-order valence-electron chi connectivity index (χ1n) is 9.82. The molecular formula is C23H30N2O2. The number of nitrogens with one attached hydrogen (secondary N) is 1.